The topological polar surface area (TPSA) is 74.5 Å². The van der Waals surface area contributed by atoms with Gasteiger partial charge in [0.25, 0.3) is 5.97 Å². The lowest BCUT2D eigenvalue weighted by Crippen LogP contribution is -2.15. The molecule has 0 amide bonds. The molecule has 0 aliphatic carbocycles. The average molecular weight is 416 g/mol. The van der Waals surface area contributed by atoms with Gasteiger partial charge < -0.3 is 9.46 Å². The molecule has 2 aromatic rings. The molecule has 0 aromatic heterocycles. The number of rotatable bonds is 5. The second kappa shape index (κ2) is 7.01. The summed E-state index contributed by atoms with van der Waals surface area (Å²) in [4.78, 5) is 11.6. The summed E-state index contributed by atoms with van der Waals surface area (Å²) >= 11 is 2.13. The molecule has 0 saturated carbocycles. The summed E-state index contributed by atoms with van der Waals surface area (Å²) in [5.74, 6) is -0.372. The van der Waals surface area contributed by atoms with Crippen LogP contribution in [0, 0.1) is 3.57 Å². The van der Waals surface area contributed by atoms with E-state index in [1.54, 1.807) is 42.5 Å². The number of ether oxygens (including phenoxy) is 1. The third-order valence-electron chi connectivity index (χ3n) is 2.45. The van der Waals surface area contributed by atoms with E-state index in [9.17, 15) is 13.2 Å². The molecular formula is C14H11INO4S-. The molecule has 7 heteroatoms. The Hall–Kier alpha value is -1.45. The maximum Gasteiger partial charge on any atom is 0.290 e. The summed E-state index contributed by atoms with van der Waals surface area (Å²) < 4.78 is 33.2. The summed E-state index contributed by atoms with van der Waals surface area (Å²) in [5.41, 5.74) is 0. The molecule has 0 unspecified atom stereocenters. The molecule has 0 aliphatic rings. The Balaban J connectivity index is 1.93. The van der Waals surface area contributed by atoms with E-state index in [0.29, 0.717) is 5.75 Å². The number of halogens is 1. The summed E-state index contributed by atoms with van der Waals surface area (Å²) in [5, 5.41) is 0. The fraction of sp³-hybridized carbons (Fsp3) is 0.0714. The Labute approximate surface area is 136 Å². The van der Waals surface area contributed by atoms with E-state index in [1.807, 2.05) is 0 Å². The van der Waals surface area contributed by atoms with E-state index in [-0.39, 0.29) is 4.90 Å². The van der Waals surface area contributed by atoms with Gasteiger partial charge in [0.05, 0.1) is 0 Å². The van der Waals surface area contributed by atoms with Crippen LogP contribution >= 0.6 is 22.6 Å². The van der Waals surface area contributed by atoms with Crippen LogP contribution in [-0.4, -0.2) is 20.9 Å². The highest BCUT2D eigenvalue weighted by molar-refractivity contribution is 14.1. The molecule has 2 aromatic carbocycles. The van der Waals surface area contributed by atoms with Gasteiger partial charge in [-0.2, -0.15) is 0 Å². The number of hydrogen-bond acceptors (Lipinski definition) is 4. The molecule has 0 spiro atoms. The van der Waals surface area contributed by atoms with Crippen LogP contribution in [0.2, 0.25) is 0 Å². The first-order valence-corrected chi connectivity index (χ1v) is 8.44. The van der Waals surface area contributed by atoms with E-state index in [1.165, 1.54) is 12.1 Å². The minimum atomic E-state index is -3.83. The van der Waals surface area contributed by atoms with Crippen LogP contribution in [0.3, 0.4) is 0 Å². The zero-order valence-electron chi connectivity index (χ0n) is 10.8. The minimum absolute atomic E-state index is 0.0482. The third kappa shape index (κ3) is 4.80. The fourth-order valence-electron chi connectivity index (χ4n) is 1.47. The van der Waals surface area contributed by atoms with Crippen LogP contribution in [0.15, 0.2) is 59.5 Å². The summed E-state index contributed by atoms with van der Waals surface area (Å²) in [6.07, 6.45) is 0. The molecule has 5 nitrogen and oxygen atoms in total. The average Bonchev–Trinajstić information content (AvgIpc) is 2.49. The van der Waals surface area contributed by atoms with Crippen LogP contribution in [0.4, 0.5) is 0 Å². The zero-order chi connectivity index (χ0) is 15.3. The van der Waals surface area contributed by atoms with Gasteiger partial charge in [0.1, 0.15) is 15.8 Å². The molecule has 2 rings (SSSR count). The minimum Gasteiger partial charge on any atom is -0.535 e. The van der Waals surface area contributed by atoms with Crippen molar-refractivity contribution in [2.24, 2.45) is 0 Å². The summed E-state index contributed by atoms with van der Waals surface area (Å²) in [6.45, 7) is -0.552. The van der Waals surface area contributed by atoms with Crippen molar-refractivity contribution in [3.05, 3.63) is 62.9 Å². The zero-order valence-corrected chi connectivity index (χ0v) is 13.7. The molecule has 110 valence electrons. The van der Waals surface area contributed by atoms with E-state index < -0.39 is 22.5 Å². The van der Waals surface area contributed by atoms with Crippen LogP contribution in [0.25, 0.3) is 4.72 Å². The van der Waals surface area contributed by atoms with Gasteiger partial charge in [-0.05, 0) is 65.5 Å². The summed E-state index contributed by atoms with van der Waals surface area (Å²) in [7, 11) is -3.83. The van der Waals surface area contributed by atoms with Gasteiger partial charge in [-0.15, -0.1) is 0 Å². The number of benzene rings is 2. The van der Waals surface area contributed by atoms with Crippen molar-refractivity contribution in [2.75, 3.05) is 6.54 Å². The number of sulfonamides is 1. The van der Waals surface area contributed by atoms with E-state index in [2.05, 4.69) is 27.3 Å². The van der Waals surface area contributed by atoms with Crippen LogP contribution < -0.4 is 4.74 Å². The monoisotopic (exact) mass is 416 g/mol. The predicted molar refractivity (Wildman–Crippen MR) is 86.6 cm³/mol. The van der Waals surface area contributed by atoms with Gasteiger partial charge in [-0.3, -0.25) is 4.79 Å². The van der Waals surface area contributed by atoms with Gasteiger partial charge >= 0.3 is 0 Å². The molecule has 0 atom stereocenters. The number of carbonyl (C=O) groups excluding carboxylic acids is 1. The second-order valence-corrected chi connectivity index (χ2v) is 6.93. The van der Waals surface area contributed by atoms with Crippen molar-refractivity contribution in [1.29, 1.82) is 0 Å². The lowest BCUT2D eigenvalue weighted by molar-refractivity contribution is -0.132. The van der Waals surface area contributed by atoms with E-state index in [4.69, 9.17) is 4.74 Å². The van der Waals surface area contributed by atoms with Crippen molar-refractivity contribution in [1.82, 2.24) is 0 Å². The smallest absolute Gasteiger partial charge is 0.290 e. The van der Waals surface area contributed by atoms with E-state index in [0.717, 1.165) is 3.57 Å². The Kier molecular flexibility index (Phi) is 5.32. The Morgan fingerprint density at radius 3 is 2.29 bits per heavy atom. The standard InChI is InChI=1S/C14H11INO4S/c15-11-6-8-12(9-7-11)20-14(17)10-16-21(18,19)13-4-2-1-3-5-13/h1-9H,10H2/q-1. The Morgan fingerprint density at radius 2 is 1.67 bits per heavy atom. The first kappa shape index (κ1) is 15.9. The van der Waals surface area contributed by atoms with Gasteiger partial charge in [0, 0.05) is 8.47 Å². The predicted octanol–water partition coefficient (Wildman–Crippen LogP) is 2.96. The second-order valence-electron chi connectivity index (χ2n) is 4.00. The largest absolute Gasteiger partial charge is 0.535 e. The van der Waals surface area contributed by atoms with Crippen molar-refractivity contribution < 1.29 is 17.9 Å². The Bertz CT molecular complexity index is 714. The van der Waals surface area contributed by atoms with Crippen molar-refractivity contribution >= 4 is 38.6 Å². The molecule has 0 fully saturated rings. The quantitative estimate of drug-likeness (QED) is 0.427. The van der Waals surface area contributed by atoms with Crippen molar-refractivity contribution in [2.45, 2.75) is 4.90 Å². The highest BCUT2D eigenvalue weighted by atomic mass is 127. The normalized spacial score (nSPS) is 11.1. The van der Waals surface area contributed by atoms with Crippen molar-refractivity contribution in [3.8, 4) is 5.75 Å². The van der Waals surface area contributed by atoms with Crippen LogP contribution in [-0.2, 0) is 14.8 Å². The molecule has 0 saturated heterocycles. The molecule has 0 heterocycles. The molecule has 0 bridgehead atoms. The first-order chi connectivity index (χ1) is 9.97. The van der Waals surface area contributed by atoms with Gasteiger partial charge in [0.15, 0.2) is 0 Å². The van der Waals surface area contributed by atoms with Gasteiger partial charge in [0.2, 0.25) is 0 Å². The highest BCUT2D eigenvalue weighted by Crippen LogP contribution is 2.17. The number of nitrogens with zero attached hydrogens (tertiary/aromatic N) is 1. The molecule has 0 N–H and O–H groups in total. The van der Waals surface area contributed by atoms with E-state index >= 15 is 0 Å². The Morgan fingerprint density at radius 1 is 1.05 bits per heavy atom. The number of carbonyl (C=O) groups is 1. The molecule has 0 radical (unpaired) electrons. The van der Waals surface area contributed by atoms with Crippen LogP contribution in [0.5, 0.6) is 5.75 Å². The first-order valence-electron chi connectivity index (χ1n) is 5.92. The number of hydrogen-bond donors (Lipinski definition) is 0. The maximum absolute atomic E-state index is 11.9. The molecule has 21 heavy (non-hydrogen) atoms. The molecule has 0 aliphatic heterocycles. The van der Waals surface area contributed by atoms with Gasteiger partial charge in [-0.25, -0.2) is 8.42 Å². The third-order valence-corrected chi connectivity index (χ3v) is 4.51. The van der Waals surface area contributed by atoms with Gasteiger partial charge in [-0.1, -0.05) is 18.2 Å². The maximum atomic E-state index is 11.9. The summed E-state index contributed by atoms with van der Waals surface area (Å²) in [6, 6.07) is 14.5. The number of esters is 1. The highest BCUT2D eigenvalue weighted by Gasteiger charge is 2.06. The molecular weight excluding hydrogens is 405 g/mol. The SMILES string of the molecule is O=C(C[N-]S(=O)(=O)c1ccccc1)Oc1ccc(I)cc1. The van der Waals surface area contributed by atoms with Crippen molar-refractivity contribution in [3.63, 3.8) is 0 Å². The van der Waals surface area contributed by atoms with Crippen LogP contribution in [0.1, 0.15) is 0 Å². The fourth-order valence-corrected chi connectivity index (χ4v) is 2.76. The lowest BCUT2D eigenvalue weighted by atomic mass is 10.3. The lowest BCUT2D eigenvalue weighted by Gasteiger charge is -2.18.